The summed E-state index contributed by atoms with van der Waals surface area (Å²) in [6.07, 6.45) is 8.77. The highest BCUT2D eigenvalue weighted by Crippen LogP contribution is 2.39. The molecule has 5 nitrogen and oxygen atoms in total. The van der Waals surface area contributed by atoms with Crippen LogP contribution in [-0.4, -0.2) is 25.0 Å². The first-order chi connectivity index (χ1) is 14.6. The van der Waals surface area contributed by atoms with Gasteiger partial charge in [-0.25, -0.2) is 0 Å². The molecule has 2 aliphatic rings. The summed E-state index contributed by atoms with van der Waals surface area (Å²) in [5.74, 6) is 0.508. The third-order valence-corrected chi connectivity index (χ3v) is 6.61. The average Bonchev–Trinajstić information content (AvgIpc) is 3.02. The standard InChI is InChI=1S/C24H26N2O3S/c1-29-19-10-6-7-16(13-19)14-22-24(28)26-20-15-17(11-12-21(20)30-22)23(27)25-18-8-4-2-3-5-9-18/h6-7,10-15,18H,2-5,8-9H2,1H3,(H,25,27)(H,26,28)/b22-14+. The molecule has 1 aliphatic heterocycles. The molecular weight excluding hydrogens is 396 g/mol. The van der Waals surface area contributed by atoms with Crippen molar-refractivity contribution >= 4 is 35.3 Å². The second-order valence-corrected chi connectivity index (χ2v) is 8.80. The van der Waals surface area contributed by atoms with Gasteiger partial charge < -0.3 is 15.4 Å². The lowest BCUT2D eigenvalue weighted by atomic mass is 10.1. The molecule has 156 valence electrons. The molecule has 0 unspecified atom stereocenters. The highest BCUT2D eigenvalue weighted by molar-refractivity contribution is 8.04. The normalized spacial score (nSPS) is 18.3. The molecule has 30 heavy (non-hydrogen) atoms. The quantitative estimate of drug-likeness (QED) is 0.523. The predicted octanol–water partition coefficient (Wildman–Crippen LogP) is 5.23. The van der Waals surface area contributed by atoms with Gasteiger partial charge in [0, 0.05) is 16.5 Å². The largest absolute Gasteiger partial charge is 0.497 e. The Morgan fingerprint density at radius 1 is 1.13 bits per heavy atom. The maximum atomic E-state index is 12.7. The van der Waals surface area contributed by atoms with Crippen molar-refractivity contribution in [2.24, 2.45) is 0 Å². The van der Waals surface area contributed by atoms with E-state index in [1.807, 2.05) is 42.5 Å². The Bertz CT molecular complexity index is 978. The van der Waals surface area contributed by atoms with E-state index in [2.05, 4.69) is 10.6 Å². The van der Waals surface area contributed by atoms with Gasteiger partial charge in [0.25, 0.3) is 11.8 Å². The van der Waals surface area contributed by atoms with Crippen LogP contribution in [-0.2, 0) is 4.79 Å². The Balaban J connectivity index is 1.49. The first kappa shape index (κ1) is 20.5. The molecule has 2 amide bonds. The van der Waals surface area contributed by atoms with Crippen LogP contribution in [0.15, 0.2) is 52.3 Å². The van der Waals surface area contributed by atoms with Gasteiger partial charge in [-0.2, -0.15) is 0 Å². The van der Waals surface area contributed by atoms with Crippen LogP contribution in [0.25, 0.3) is 6.08 Å². The number of rotatable bonds is 4. The summed E-state index contributed by atoms with van der Waals surface area (Å²) in [6, 6.07) is 13.3. The van der Waals surface area contributed by atoms with Gasteiger partial charge in [0.1, 0.15) is 5.75 Å². The molecule has 1 aliphatic carbocycles. The van der Waals surface area contributed by atoms with E-state index in [1.54, 1.807) is 13.2 Å². The van der Waals surface area contributed by atoms with Gasteiger partial charge in [-0.05, 0) is 54.8 Å². The van der Waals surface area contributed by atoms with Gasteiger partial charge in [-0.1, -0.05) is 49.6 Å². The Morgan fingerprint density at radius 3 is 2.70 bits per heavy atom. The summed E-state index contributed by atoms with van der Waals surface area (Å²) in [6.45, 7) is 0. The van der Waals surface area contributed by atoms with Crippen molar-refractivity contribution in [1.82, 2.24) is 5.32 Å². The second-order valence-electron chi connectivity index (χ2n) is 7.71. The highest BCUT2D eigenvalue weighted by Gasteiger charge is 2.23. The lowest BCUT2D eigenvalue weighted by molar-refractivity contribution is -0.112. The number of benzene rings is 2. The van der Waals surface area contributed by atoms with Gasteiger partial charge in [-0.15, -0.1) is 0 Å². The van der Waals surface area contributed by atoms with Gasteiger partial charge >= 0.3 is 0 Å². The molecule has 2 aromatic carbocycles. The van der Waals surface area contributed by atoms with Crippen LogP contribution in [0.1, 0.15) is 54.4 Å². The number of hydrogen-bond donors (Lipinski definition) is 2. The van der Waals surface area contributed by atoms with Crippen molar-refractivity contribution in [3.8, 4) is 5.75 Å². The van der Waals surface area contributed by atoms with Crippen molar-refractivity contribution in [3.05, 3.63) is 58.5 Å². The highest BCUT2D eigenvalue weighted by atomic mass is 32.2. The van der Waals surface area contributed by atoms with Crippen LogP contribution in [0.2, 0.25) is 0 Å². The number of nitrogens with one attached hydrogen (secondary N) is 2. The minimum Gasteiger partial charge on any atom is -0.497 e. The van der Waals surface area contributed by atoms with Crippen molar-refractivity contribution in [2.75, 3.05) is 12.4 Å². The zero-order valence-electron chi connectivity index (χ0n) is 17.1. The predicted molar refractivity (Wildman–Crippen MR) is 121 cm³/mol. The van der Waals surface area contributed by atoms with E-state index < -0.39 is 0 Å². The van der Waals surface area contributed by atoms with E-state index in [1.165, 1.54) is 37.4 Å². The first-order valence-corrected chi connectivity index (χ1v) is 11.2. The molecule has 6 heteroatoms. The monoisotopic (exact) mass is 422 g/mol. The SMILES string of the molecule is COc1cccc(/C=C2/Sc3ccc(C(=O)NC4CCCCCC4)cc3NC2=O)c1. The number of carbonyl (C=O) groups excluding carboxylic acids is 2. The first-order valence-electron chi connectivity index (χ1n) is 10.4. The van der Waals surface area contributed by atoms with Gasteiger partial charge in [0.15, 0.2) is 0 Å². The van der Waals surface area contributed by atoms with E-state index in [0.717, 1.165) is 29.1 Å². The Kier molecular flexibility index (Phi) is 6.43. The number of amides is 2. The zero-order valence-corrected chi connectivity index (χ0v) is 17.9. The number of hydrogen-bond acceptors (Lipinski definition) is 4. The van der Waals surface area contributed by atoms with Crippen LogP contribution in [0.5, 0.6) is 5.75 Å². The van der Waals surface area contributed by atoms with Crippen molar-refractivity contribution in [3.63, 3.8) is 0 Å². The topological polar surface area (TPSA) is 67.4 Å². The van der Waals surface area contributed by atoms with E-state index in [4.69, 9.17) is 4.74 Å². The van der Waals surface area contributed by atoms with Gasteiger partial charge in [-0.3, -0.25) is 9.59 Å². The van der Waals surface area contributed by atoms with Gasteiger partial charge in [0.2, 0.25) is 0 Å². The fourth-order valence-electron chi connectivity index (χ4n) is 3.88. The molecule has 0 aromatic heterocycles. The fourth-order valence-corrected chi connectivity index (χ4v) is 4.81. The number of carbonyl (C=O) groups is 2. The Hall–Kier alpha value is -2.73. The van der Waals surface area contributed by atoms with Crippen molar-refractivity contribution < 1.29 is 14.3 Å². The lowest BCUT2D eigenvalue weighted by Gasteiger charge is -2.20. The fraction of sp³-hybridized carbons (Fsp3) is 0.333. The summed E-state index contributed by atoms with van der Waals surface area (Å²) >= 11 is 1.41. The smallest absolute Gasteiger partial charge is 0.262 e. The number of ether oxygens (including phenoxy) is 1. The van der Waals surface area contributed by atoms with Crippen LogP contribution < -0.4 is 15.4 Å². The summed E-state index contributed by atoms with van der Waals surface area (Å²) in [5.41, 5.74) is 2.16. The Labute approximate surface area is 181 Å². The van der Waals surface area contributed by atoms with Crippen LogP contribution in [0.3, 0.4) is 0 Å². The molecule has 0 radical (unpaired) electrons. The molecule has 4 rings (SSSR count). The zero-order chi connectivity index (χ0) is 20.9. The molecule has 0 saturated heterocycles. The second kappa shape index (κ2) is 9.39. The van der Waals surface area contributed by atoms with E-state index >= 15 is 0 Å². The molecular formula is C24H26N2O3S. The number of thioether (sulfide) groups is 1. The minimum absolute atomic E-state index is 0.0679. The molecule has 1 heterocycles. The van der Waals surface area contributed by atoms with Crippen molar-refractivity contribution in [1.29, 1.82) is 0 Å². The Morgan fingerprint density at radius 2 is 1.93 bits per heavy atom. The number of methoxy groups -OCH3 is 1. The summed E-state index contributed by atoms with van der Waals surface area (Å²) < 4.78 is 5.25. The van der Waals surface area contributed by atoms with Crippen LogP contribution in [0.4, 0.5) is 5.69 Å². The maximum absolute atomic E-state index is 12.7. The third-order valence-electron chi connectivity index (χ3n) is 5.52. The van der Waals surface area contributed by atoms with Crippen molar-refractivity contribution in [2.45, 2.75) is 49.5 Å². The van der Waals surface area contributed by atoms with E-state index in [-0.39, 0.29) is 17.9 Å². The van der Waals surface area contributed by atoms with E-state index in [9.17, 15) is 9.59 Å². The summed E-state index contributed by atoms with van der Waals surface area (Å²) in [7, 11) is 1.62. The average molecular weight is 423 g/mol. The van der Waals surface area contributed by atoms with E-state index in [0.29, 0.717) is 16.2 Å². The number of anilines is 1. The summed E-state index contributed by atoms with van der Waals surface area (Å²) in [5, 5.41) is 6.09. The number of fused-ring (bicyclic) bond motifs is 1. The van der Waals surface area contributed by atoms with Crippen LogP contribution in [0, 0.1) is 0 Å². The molecule has 2 N–H and O–H groups in total. The molecule has 0 spiro atoms. The lowest BCUT2D eigenvalue weighted by Crippen LogP contribution is -2.34. The third kappa shape index (κ3) is 4.87. The molecule has 0 atom stereocenters. The molecule has 1 fully saturated rings. The maximum Gasteiger partial charge on any atom is 0.262 e. The van der Waals surface area contributed by atoms with Gasteiger partial charge in [0.05, 0.1) is 17.7 Å². The molecule has 0 bridgehead atoms. The summed E-state index contributed by atoms with van der Waals surface area (Å²) in [4.78, 5) is 26.9. The molecule has 2 aromatic rings. The molecule has 1 saturated carbocycles. The minimum atomic E-state index is -0.170. The van der Waals surface area contributed by atoms with Crippen LogP contribution >= 0.6 is 11.8 Å².